The van der Waals surface area contributed by atoms with Gasteiger partial charge in [0.1, 0.15) is 11.9 Å². The number of hydrogen-bond donors (Lipinski definition) is 0. The minimum Gasteiger partial charge on any atom is -0.484 e. The van der Waals surface area contributed by atoms with Gasteiger partial charge in [-0.05, 0) is 75.9 Å². The summed E-state index contributed by atoms with van der Waals surface area (Å²) in [7, 11) is 0. The van der Waals surface area contributed by atoms with Crippen molar-refractivity contribution in [1.82, 2.24) is 19.5 Å². The summed E-state index contributed by atoms with van der Waals surface area (Å²) in [6.45, 7) is 0. The van der Waals surface area contributed by atoms with Crippen LogP contribution in [-0.4, -0.2) is 19.5 Å². The number of aromatic nitrogens is 4. The fraction of sp³-hybridized carbons (Fsp3) is 0.0351. The molecule has 5 heteroatoms. The highest BCUT2D eigenvalue weighted by atomic mass is 16.5. The van der Waals surface area contributed by atoms with Crippen molar-refractivity contribution in [2.45, 2.75) is 12.0 Å². The second-order valence-electron chi connectivity index (χ2n) is 15.9. The summed E-state index contributed by atoms with van der Waals surface area (Å²) in [6.07, 6.45) is 4.36. The highest BCUT2D eigenvalue weighted by Crippen LogP contribution is 2.55. The Hall–Kier alpha value is -8.15. The Morgan fingerprint density at radius 1 is 0.419 bits per heavy atom. The fourth-order valence-corrected chi connectivity index (χ4v) is 9.28. The first-order valence-electron chi connectivity index (χ1n) is 21.1. The molecule has 2 unspecified atom stereocenters. The molecule has 10 aromatic rings. The SMILES string of the molecule is C1=CC2c3cccc(-c4nc(-c5cccc(-c6ccccc6)c5)nc(-c5cccc(-c6ccccc6)c5)n4)c3OC2c2c1n(-c1ccc(-c3ccccc3)cc1)c1ccccc21. The Morgan fingerprint density at radius 3 is 1.55 bits per heavy atom. The monoisotopic (exact) mass is 794 g/mol. The van der Waals surface area contributed by atoms with Crippen LogP contribution < -0.4 is 4.74 Å². The maximum absolute atomic E-state index is 7.24. The standard InChI is InChI=1S/C57H38N4O/c1-4-15-37(16-5-1)40-29-31-45(32-30-40)61-50-28-11-10-25-48(50)52-51(61)34-33-47-46-26-14-27-49(53(46)62-54(47)52)57-59-55(43-23-12-21-41(35-43)38-17-6-2-7-18-38)58-56(60-57)44-24-13-22-42(36-44)39-19-8-3-9-20-39/h1-36,47,54H. The smallest absolute Gasteiger partial charge is 0.167 e. The molecule has 62 heavy (non-hydrogen) atoms. The van der Waals surface area contributed by atoms with E-state index >= 15 is 0 Å². The van der Waals surface area contributed by atoms with Crippen molar-refractivity contribution in [3.63, 3.8) is 0 Å². The van der Waals surface area contributed by atoms with Crippen molar-refractivity contribution in [3.8, 4) is 79.0 Å². The molecule has 1 aliphatic heterocycles. The molecule has 0 spiro atoms. The molecular formula is C57H38N4O. The molecule has 0 saturated carbocycles. The average Bonchev–Trinajstić information content (AvgIpc) is 3.91. The summed E-state index contributed by atoms with van der Waals surface area (Å²) in [5.74, 6) is 2.60. The molecule has 0 saturated heterocycles. The van der Waals surface area contributed by atoms with Crippen LogP contribution in [0.5, 0.6) is 5.75 Å². The van der Waals surface area contributed by atoms with E-state index in [0.717, 1.165) is 67.2 Å². The van der Waals surface area contributed by atoms with Gasteiger partial charge in [-0.1, -0.05) is 176 Å². The Balaban J connectivity index is 0.977. The van der Waals surface area contributed by atoms with E-state index in [-0.39, 0.29) is 12.0 Å². The molecule has 0 radical (unpaired) electrons. The topological polar surface area (TPSA) is 52.8 Å². The Morgan fingerprint density at radius 2 is 0.919 bits per heavy atom. The predicted molar refractivity (Wildman–Crippen MR) is 251 cm³/mol. The summed E-state index contributed by atoms with van der Waals surface area (Å²) in [5.41, 5.74) is 15.2. The minimum atomic E-state index is -0.230. The van der Waals surface area contributed by atoms with E-state index in [0.29, 0.717) is 17.5 Å². The number of benzene rings is 8. The van der Waals surface area contributed by atoms with E-state index in [9.17, 15) is 0 Å². The minimum absolute atomic E-state index is 0.0167. The predicted octanol–water partition coefficient (Wildman–Crippen LogP) is 14.1. The van der Waals surface area contributed by atoms with Gasteiger partial charge in [0, 0.05) is 39.2 Å². The lowest BCUT2D eigenvalue weighted by atomic mass is 9.85. The average molecular weight is 795 g/mol. The van der Waals surface area contributed by atoms with Crippen LogP contribution >= 0.6 is 0 Å². The van der Waals surface area contributed by atoms with Gasteiger partial charge in [0.15, 0.2) is 17.5 Å². The molecule has 292 valence electrons. The first kappa shape index (κ1) is 35.8. The highest BCUT2D eigenvalue weighted by Gasteiger charge is 2.41. The molecule has 8 aromatic carbocycles. The molecular weight excluding hydrogens is 757 g/mol. The van der Waals surface area contributed by atoms with Crippen LogP contribution in [0.2, 0.25) is 0 Å². The van der Waals surface area contributed by atoms with Crippen LogP contribution in [0, 0.1) is 0 Å². The molecule has 12 rings (SSSR count). The van der Waals surface area contributed by atoms with Crippen molar-refractivity contribution in [2.75, 3.05) is 0 Å². The number of nitrogens with zero attached hydrogens (tertiary/aromatic N) is 4. The van der Waals surface area contributed by atoms with Crippen LogP contribution in [0.1, 0.15) is 28.8 Å². The van der Waals surface area contributed by atoms with E-state index in [1.54, 1.807) is 0 Å². The highest BCUT2D eigenvalue weighted by molar-refractivity contribution is 5.92. The molecule has 0 N–H and O–H groups in total. The molecule has 5 nitrogen and oxygen atoms in total. The zero-order valence-corrected chi connectivity index (χ0v) is 33.6. The lowest BCUT2D eigenvalue weighted by Gasteiger charge is -2.22. The van der Waals surface area contributed by atoms with Crippen molar-refractivity contribution in [2.24, 2.45) is 0 Å². The third kappa shape index (κ3) is 6.13. The van der Waals surface area contributed by atoms with Crippen molar-refractivity contribution in [3.05, 3.63) is 229 Å². The number of ether oxygens (including phenoxy) is 1. The summed E-state index contributed by atoms with van der Waals surface area (Å²) in [4.78, 5) is 15.7. The van der Waals surface area contributed by atoms with Gasteiger partial charge in [0.05, 0.1) is 16.8 Å². The van der Waals surface area contributed by atoms with E-state index in [1.807, 2.05) is 12.1 Å². The lowest BCUT2D eigenvalue weighted by Crippen LogP contribution is -2.13. The summed E-state index contributed by atoms with van der Waals surface area (Å²) in [5, 5.41) is 1.18. The lowest BCUT2D eigenvalue weighted by molar-refractivity contribution is 0.225. The Bertz CT molecular complexity index is 3220. The van der Waals surface area contributed by atoms with Crippen molar-refractivity contribution < 1.29 is 4.74 Å². The van der Waals surface area contributed by atoms with Gasteiger partial charge < -0.3 is 9.30 Å². The second kappa shape index (κ2) is 14.8. The normalized spacial score (nSPS) is 14.8. The van der Waals surface area contributed by atoms with E-state index in [4.69, 9.17) is 19.7 Å². The first-order valence-corrected chi connectivity index (χ1v) is 21.1. The van der Waals surface area contributed by atoms with Gasteiger partial charge in [-0.2, -0.15) is 0 Å². The number of fused-ring (bicyclic) bond motifs is 7. The Kier molecular flexibility index (Phi) is 8.56. The van der Waals surface area contributed by atoms with Crippen LogP contribution in [0.15, 0.2) is 212 Å². The van der Waals surface area contributed by atoms with Gasteiger partial charge in [0.25, 0.3) is 0 Å². The first-order chi connectivity index (χ1) is 30.7. The van der Waals surface area contributed by atoms with E-state index < -0.39 is 0 Å². The zero-order valence-electron chi connectivity index (χ0n) is 33.6. The van der Waals surface area contributed by atoms with Crippen LogP contribution in [-0.2, 0) is 0 Å². The van der Waals surface area contributed by atoms with Crippen LogP contribution in [0.4, 0.5) is 0 Å². The van der Waals surface area contributed by atoms with Crippen molar-refractivity contribution >= 4 is 17.0 Å². The maximum Gasteiger partial charge on any atom is 0.167 e. The summed E-state index contributed by atoms with van der Waals surface area (Å²) in [6, 6.07) is 72.2. The third-order valence-electron chi connectivity index (χ3n) is 12.2. The molecule has 0 bridgehead atoms. The molecule has 0 fully saturated rings. The number of hydrogen-bond acceptors (Lipinski definition) is 4. The van der Waals surface area contributed by atoms with Gasteiger partial charge in [-0.25, -0.2) is 15.0 Å². The van der Waals surface area contributed by atoms with Crippen molar-refractivity contribution in [1.29, 1.82) is 0 Å². The Labute approximate surface area is 360 Å². The quantitative estimate of drug-likeness (QED) is 0.161. The van der Waals surface area contributed by atoms with Gasteiger partial charge >= 0.3 is 0 Å². The van der Waals surface area contributed by atoms with Crippen LogP contribution in [0.3, 0.4) is 0 Å². The largest absolute Gasteiger partial charge is 0.484 e. The number of para-hydroxylation sites is 2. The third-order valence-corrected chi connectivity index (χ3v) is 12.2. The van der Waals surface area contributed by atoms with Gasteiger partial charge in [-0.3, -0.25) is 0 Å². The van der Waals surface area contributed by atoms with E-state index in [2.05, 4.69) is 211 Å². The van der Waals surface area contributed by atoms with Gasteiger partial charge in [0.2, 0.25) is 0 Å². The second-order valence-corrected chi connectivity index (χ2v) is 15.9. The summed E-state index contributed by atoms with van der Waals surface area (Å²) < 4.78 is 9.61. The molecule has 0 amide bonds. The maximum atomic E-state index is 7.24. The zero-order chi connectivity index (χ0) is 41.0. The van der Waals surface area contributed by atoms with Crippen LogP contribution in [0.25, 0.3) is 90.2 Å². The molecule has 3 heterocycles. The fourth-order valence-electron chi connectivity index (χ4n) is 9.28. The molecule has 2 aromatic heterocycles. The van der Waals surface area contributed by atoms with Gasteiger partial charge in [-0.15, -0.1) is 0 Å². The molecule has 2 aliphatic rings. The molecule has 1 aliphatic carbocycles. The summed E-state index contributed by atoms with van der Waals surface area (Å²) >= 11 is 0. The molecule has 2 atom stereocenters. The van der Waals surface area contributed by atoms with E-state index in [1.165, 1.54) is 22.1 Å². The number of rotatable bonds is 7.